The van der Waals surface area contributed by atoms with Crippen LogP contribution < -0.4 is 16.4 Å². The van der Waals surface area contributed by atoms with Crippen molar-refractivity contribution in [2.75, 3.05) is 13.1 Å². The van der Waals surface area contributed by atoms with E-state index in [1.807, 2.05) is 0 Å². The Labute approximate surface area is 121 Å². The average molecular weight is 281 g/mol. The molecule has 5 nitrogen and oxygen atoms in total. The van der Waals surface area contributed by atoms with Gasteiger partial charge in [0, 0.05) is 13.1 Å². The maximum absolute atomic E-state index is 12.7. The van der Waals surface area contributed by atoms with Crippen molar-refractivity contribution in [2.24, 2.45) is 11.1 Å². The fourth-order valence-electron chi connectivity index (χ4n) is 3.32. The Morgan fingerprint density at radius 1 is 1.20 bits per heavy atom. The van der Waals surface area contributed by atoms with E-state index in [0.717, 1.165) is 44.9 Å². The number of hydrogen-bond acceptors (Lipinski definition) is 3. The molecule has 2 rings (SSSR count). The Kier molecular flexibility index (Phi) is 5.40. The molecule has 0 aromatic rings. The molecule has 114 valence electrons. The summed E-state index contributed by atoms with van der Waals surface area (Å²) >= 11 is 0. The highest BCUT2D eigenvalue weighted by atomic mass is 16.2. The van der Waals surface area contributed by atoms with Crippen LogP contribution in [0.15, 0.2) is 0 Å². The number of carbonyl (C=O) groups excluding carboxylic acids is 2. The molecule has 1 atom stereocenters. The standard InChI is InChI=1S/C15H27N3O2/c16-11-15(8-4-1-2-5-9-15)14(20)18-12-7-3-6-10-17-13(12)19/h12H,1-11,16H2,(H,17,19)(H,18,20). The van der Waals surface area contributed by atoms with E-state index in [4.69, 9.17) is 5.73 Å². The van der Waals surface area contributed by atoms with Gasteiger partial charge < -0.3 is 16.4 Å². The summed E-state index contributed by atoms with van der Waals surface area (Å²) in [5.41, 5.74) is 5.46. The third kappa shape index (κ3) is 3.51. The van der Waals surface area contributed by atoms with Gasteiger partial charge in [-0.15, -0.1) is 0 Å². The van der Waals surface area contributed by atoms with Crippen LogP contribution in [0.2, 0.25) is 0 Å². The summed E-state index contributed by atoms with van der Waals surface area (Å²) in [6, 6.07) is -0.378. The SMILES string of the molecule is NCC1(C(=O)NC2CCCCNC2=O)CCCCCC1. The van der Waals surface area contributed by atoms with Gasteiger partial charge in [0.15, 0.2) is 0 Å². The van der Waals surface area contributed by atoms with E-state index in [9.17, 15) is 9.59 Å². The zero-order chi connectivity index (χ0) is 14.4. The lowest BCUT2D eigenvalue weighted by Gasteiger charge is -2.31. The third-order valence-electron chi connectivity index (χ3n) is 4.77. The molecule has 1 aliphatic heterocycles. The largest absolute Gasteiger partial charge is 0.354 e. The quantitative estimate of drug-likeness (QED) is 0.677. The zero-order valence-electron chi connectivity index (χ0n) is 12.2. The molecule has 2 aliphatic rings. The van der Waals surface area contributed by atoms with Crippen LogP contribution in [0.1, 0.15) is 57.8 Å². The highest BCUT2D eigenvalue weighted by molar-refractivity contribution is 5.90. The van der Waals surface area contributed by atoms with E-state index in [1.165, 1.54) is 12.8 Å². The minimum Gasteiger partial charge on any atom is -0.354 e. The normalized spacial score (nSPS) is 27.1. The Morgan fingerprint density at radius 2 is 1.90 bits per heavy atom. The second-order valence-electron chi connectivity index (χ2n) is 6.21. The molecule has 20 heavy (non-hydrogen) atoms. The van der Waals surface area contributed by atoms with Gasteiger partial charge in [0.2, 0.25) is 11.8 Å². The fourth-order valence-corrected chi connectivity index (χ4v) is 3.32. The fraction of sp³-hybridized carbons (Fsp3) is 0.867. The number of nitrogens with one attached hydrogen (secondary N) is 2. The molecule has 0 aromatic heterocycles. The minimum absolute atomic E-state index is 0.0102. The van der Waals surface area contributed by atoms with E-state index < -0.39 is 5.41 Å². The van der Waals surface area contributed by atoms with Crippen molar-refractivity contribution in [3.8, 4) is 0 Å². The van der Waals surface area contributed by atoms with Crippen LogP contribution in [0.25, 0.3) is 0 Å². The van der Waals surface area contributed by atoms with E-state index >= 15 is 0 Å². The van der Waals surface area contributed by atoms with Crippen LogP contribution in [0.3, 0.4) is 0 Å². The van der Waals surface area contributed by atoms with Crippen molar-refractivity contribution in [2.45, 2.75) is 63.8 Å². The summed E-state index contributed by atoms with van der Waals surface area (Å²) in [6.07, 6.45) is 8.87. The molecule has 1 aliphatic carbocycles. The summed E-state index contributed by atoms with van der Waals surface area (Å²) in [5.74, 6) is -0.0550. The van der Waals surface area contributed by atoms with Crippen LogP contribution in [0.5, 0.6) is 0 Å². The highest BCUT2D eigenvalue weighted by Gasteiger charge is 2.39. The van der Waals surface area contributed by atoms with Crippen LogP contribution >= 0.6 is 0 Å². The first-order valence-corrected chi connectivity index (χ1v) is 7.97. The Balaban J connectivity index is 2.02. The first-order chi connectivity index (χ1) is 9.68. The molecule has 1 saturated heterocycles. The highest BCUT2D eigenvalue weighted by Crippen LogP contribution is 2.34. The van der Waals surface area contributed by atoms with Gasteiger partial charge in [-0.3, -0.25) is 9.59 Å². The molecule has 0 radical (unpaired) electrons. The molecule has 4 N–H and O–H groups in total. The Bertz CT molecular complexity index is 349. The topological polar surface area (TPSA) is 84.2 Å². The summed E-state index contributed by atoms with van der Waals surface area (Å²) in [7, 11) is 0. The van der Waals surface area contributed by atoms with Gasteiger partial charge in [0.25, 0.3) is 0 Å². The predicted octanol–water partition coefficient (Wildman–Crippen LogP) is 1.07. The van der Waals surface area contributed by atoms with E-state index in [2.05, 4.69) is 10.6 Å². The van der Waals surface area contributed by atoms with Crippen molar-refractivity contribution in [1.82, 2.24) is 10.6 Å². The lowest BCUT2D eigenvalue weighted by molar-refractivity contribution is -0.135. The van der Waals surface area contributed by atoms with Crippen LogP contribution in [0, 0.1) is 5.41 Å². The van der Waals surface area contributed by atoms with Gasteiger partial charge in [-0.1, -0.05) is 25.7 Å². The zero-order valence-corrected chi connectivity index (χ0v) is 12.2. The molecule has 2 amide bonds. The van der Waals surface area contributed by atoms with Gasteiger partial charge >= 0.3 is 0 Å². The average Bonchev–Trinajstić information content (AvgIpc) is 2.81. The van der Waals surface area contributed by atoms with E-state index in [-0.39, 0.29) is 17.9 Å². The van der Waals surface area contributed by atoms with Crippen molar-refractivity contribution >= 4 is 11.8 Å². The molecular formula is C15H27N3O2. The van der Waals surface area contributed by atoms with E-state index in [0.29, 0.717) is 13.1 Å². The van der Waals surface area contributed by atoms with Crippen LogP contribution in [-0.2, 0) is 9.59 Å². The molecular weight excluding hydrogens is 254 g/mol. The second-order valence-corrected chi connectivity index (χ2v) is 6.21. The van der Waals surface area contributed by atoms with Crippen molar-refractivity contribution in [1.29, 1.82) is 0 Å². The number of carbonyl (C=O) groups is 2. The van der Waals surface area contributed by atoms with Crippen LogP contribution in [0.4, 0.5) is 0 Å². The lowest BCUT2D eigenvalue weighted by Crippen LogP contribution is -2.53. The Hall–Kier alpha value is -1.10. The van der Waals surface area contributed by atoms with Gasteiger partial charge in [-0.2, -0.15) is 0 Å². The number of nitrogens with two attached hydrogens (primary N) is 1. The minimum atomic E-state index is -0.455. The summed E-state index contributed by atoms with van der Waals surface area (Å²) in [5, 5.41) is 5.83. The van der Waals surface area contributed by atoms with Crippen molar-refractivity contribution in [3.63, 3.8) is 0 Å². The number of rotatable bonds is 3. The summed E-state index contributed by atoms with van der Waals surface area (Å²) < 4.78 is 0. The maximum Gasteiger partial charge on any atom is 0.242 e. The maximum atomic E-state index is 12.7. The summed E-state index contributed by atoms with van der Waals surface area (Å²) in [4.78, 5) is 24.6. The van der Waals surface area contributed by atoms with Gasteiger partial charge in [-0.05, 0) is 32.1 Å². The predicted molar refractivity (Wildman–Crippen MR) is 78.0 cm³/mol. The van der Waals surface area contributed by atoms with Gasteiger partial charge in [-0.25, -0.2) is 0 Å². The first-order valence-electron chi connectivity index (χ1n) is 7.97. The molecule has 2 fully saturated rings. The second kappa shape index (κ2) is 7.07. The van der Waals surface area contributed by atoms with Crippen molar-refractivity contribution < 1.29 is 9.59 Å². The molecule has 0 aromatic carbocycles. The Morgan fingerprint density at radius 3 is 2.55 bits per heavy atom. The van der Waals surface area contributed by atoms with Gasteiger partial charge in [0.05, 0.1) is 5.41 Å². The first kappa shape index (κ1) is 15.3. The van der Waals surface area contributed by atoms with Crippen LogP contribution in [-0.4, -0.2) is 30.9 Å². The molecule has 1 heterocycles. The molecule has 0 bridgehead atoms. The van der Waals surface area contributed by atoms with Crippen molar-refractivity contribution in [3.05, 3.63) is 0 Å². The summed E-state index contributed by atoms with van der Waals surface area (Å²) in [6.45, 7) is 1.10. The smallest absolute Gasteiger partial charge is 0.242 e. The van der Waals surface area contributed by atoms with Gasteiger partial charge in [0.1, 0.15) is 6.04 Å². The number of amides is 2. The monoisotopic (exact) mass is 281 g/mol. The number of hydrogen-bond donors (Lipinski definition) is 3. The molecule has 5 heteroatoms. The lowest BCUT2D eigenvalue weighted by atomic mass is 9.79. The molecule has 1 unspecified atom stereocenters. The molecule has 0 spiro atoms. The van der Waals surface area contributed by atoms with E-state index in [1.54, 1.807) is 0 Å². The third-order valence-corrected chi connectivity index (χ3v) is 4.77. The molecule has 1 saturated carbocycles.